The number of anilines is 1. The van der Waals surface area contributed by atoms with E-state index in [1.54, 1.807) is 35.7 Å². The highest BCUT2D eigenvalue weighted by molar-refractivity contribution is 9.11. The van der Waals surface area contributed by atoms with Crippen molar-refractivity contribution in [3.8, 4) is 0 Å². The summed E-state index contributed by atoms with van der Waals surface area (Å²) in [5, 5.41) is 7.29. The van der Waals surface area contributed by atoms with Gasteiger partial charge in [-0.05, 0) is 53.2 Å². The zero-order valence-corrected chi connectivity index (χ0v) is 13.2. The molecule has 104 valence electrons. The minimum absolute atomic E-state index is 0.118. The van der Waals surface area contributed by atoms with Gasteiger partial charge in [0.1, 0.15) is 0 Å². The van der Waals surface area contributed by atoms with Gasteiger partial charge in [0.05, 0.1) is 9.35 Å². The Morgan fingerprint density at radius 2 is 1.85 bits per heavy atom. The van der Waals surface area contributed by atoms with Crippen LogP contribution < -0.4 is 10.6 Å². The topological polar surface area (TPSA) is 58.2 Å². The highest BCUT2D eigenvalue weighted by atomic mass is 79.9. The van der Waals surface area contributed by atoms with Crippen LogP contribution in [0.25, 0.3) is 0 Å². The first-order chi connectivity index (χ1) is 9.60. The number of hydrogen-bond donors (Lipinski definition) is 2. The summed E-state index contributed by atoms with van der Waals surface area (Å²) >= 11 is 4.78. The molecule has 0 bridgehead atoms. The molecule has 0 unspecified atom stereocenters. The zero-order chi connectivity index (χ0) is 14.5. The van der Waals surface area contributed by atoms with Crippen LogP contribution in [0.2, 0.25) is 0 Å². The molecule has 2 aromatic rings. The molecule has 0 fully saturated rings. The molecule has 6 heteroatoms. The summed E-state index contributed by atoms with van der Waals surface area (Å²) in [5.74, 6) is -0.287. The van der Waals surface area contributed by atoms with Gasteiger partial charge >= 0.3 is 0 Å². The Kier molecular flexibility index (Phi) is 4.92. The van der Waals surface area contributed by atoms with Gasteiger partial charge in [0.15, 0.2) is 0 Å². The van der Waals surface area contributed by atoms with Crippen LogP contribution in [-0.4, -0.2) is 18.4 Å². The van der Waals surface area contributed by atoms with Crippen molar-refractivity contribution in [2.45, 2.75) is 6.92 Å². The first-order valence-electron chi connectivity index (χ1n) is 6.04. The Labute approximate surface area is 129 Å². The van der Waals surface area contributed by atoms with Crippen molar-refractivity contribution < 1.29 is 9.59 Å². The summed E-state index contributed by atoms with van der Waals surface area (Å²) in [5.41, 5.74) is 1.84. The molecule has 0 aliphatic heterocycles. The van der Waals surface area contributed by atoms with Crippen molar-refractivity contribution in [2.24, 2.45) is 0 Å². The van der Waals surface area contributed by atoms with E-state index in [1.807, 2.05) is 6.92 Å². The van der Waals surface area contributed by atoms with Gasteiger partial charge in [0, 0.05) is 23.2 Å². The van der Waals surface area contributed by atoms with Crippen molar-refractivity contribution in [1.82, 2.24) is 5.32 Å². The average molecular weight is 353 g/mol. The summed E-state index contributed by atoms with van der Waals surface area (Å²) in [7, 11) is 0. The van der Waals surface area contributed by atoms with Crippen molar-refractivity contribution >= 4 is 44.8 Å². The third-order valence-corrected chi connectivity index (χ3v) is 4.08. The standard InChI is InChI=1S/C14H13BrN2O2S/c1-2-16-13(18)9-3-5-11(6-4-9)17-14(19)10-7-12(15)20-8-10/h3-8H,2H2,1H3,(H,16,18)(H,17,19). The largest absolute Gasteiger partial charge is 0.352 e. The van der Waals surface area contributed by atoms with Crippen LogP contribution in [0.15, 0.2) is 39.5 Å². The predicted molar refractivity (Wildman–Crippen MR) is 84.4 cm³/mol. The fourth-order valence-electron chi connectivity index (χ4n) is 1.60. The smallest absolute Gasteiger partial charge is 0.256 e. The van der Waals surface area contributed by atoms with Gasteiger partial charge in [0.25, 0.3) is 11.8 Å². The molecule has 0 aliphatic carbocycles. The molecule has 2 rings (SSSR count). The zero-order valence-electron chi connectivity index (χ0n) is 10.8. The molecule has 0 atom stereocenters. The maximum absolute atomic E-state index is 11.9. The summed E-state index contributed by atoms with van der Waals surface area (Å²) in [6, 6.07) is 8.56. The van der Waals surface area contributed by atoms with Crippen LogP contribution >= 0.6 is 27.3 Å². The number of benzene rings is 1. The molecule has 4 nitrogen and oxygen atoms in total. The summed E-state index contributed by atoms with van der Waals surface area (Å²) in [6.45, 7) is 2.45. The fraction of sp³-hybridized carbons (Fsp3) is 0.143. The van der Waals surface area contributed by atoms with Gasteiger partial charge in [-0.1, -0.05) is 0 Å². The highest BCUT2D eigenvalue weighted by Crippen LogP contribution is 2.21. The summed E-state index contributed by atoms with van der Waals surface area (Å²) in [6.07, 6.45) is 0. The number of carbonyl (C=O) groups is 2. The van der Waals surface area contributed by atoms with Crippen molar-refractivity contribution in [3.05, 3.63) is 50.6 Å². The van der Waals surface area contributed by atoms with Crippen molar-refractivity contribution in [1.29, 1.82) is 0 Å². The second-order valence-corrected chi connectivity index (χ2v) is 6.32. The van der Waals surface area contributed by atoms with Gasteiger partial charge in [0.2, 0.25) is 0 Å². The van der Waals surface area contributed by atoms with Crippen LogP contribution in [0.5, 0.6) is 0 Å². The lowest BCUT2D eigenvalue weighted by molar-refractivity contribution is 0.0955. The van der Waals surface area contributed by atoms with Crippen LogP contribution in [0.3, 0.4) is 0 Å². The van der Waals surface area contributed by atoms with Crippen molar-refractivity contribution in [2.75, 3.05) is 11.9 Å². The van der Waals surface area contributed by atoms with Crippen molar-refractivity contribution in [3.63, 3.8) is 0 Å². The molecule has 2 amide bonds. The Balaban J connectivity index is 2.04. The lowest BCUT2D eigenvalue weighted by Gasteiger charge is -2.05. The quantitative estimate of drug-likeness (QED) is 0.884. The number of rotatable bonds is 4. The average Bonchev–Trinajstić information content (AvgIpc) is 2.86. The number of amides is 2. The normalized spacial score (nSPS) is 10.1. The second-order valence-electron chi connectivity index (χ2n) is 4.03. The van der Waals surface area contributed by atoms with E-state index in [4.69, 9.17) is 0 Å². The highest BCUT2D eigenvalue weighted by Gasteiger charge is 2.09. The maximum Gasteiger partial charge on any atom is 0.256 e. The Morgan fingerprint density at radius 3 is 2.40 bits per heavy atom. The van der Waals surface area contributed by atoms with Crippen LogP contribution in [-0.2, 0) is 0 Å². The molecule has 1 aromatic heterocycles. The Morgan fingerprint density at radius 1 is 1.15 bits per heavy atom. The van der Waals surface area contributed by atoms with E-state index in [0.717, 1.165) is 3.79 Å². The minimum atomic E-state index is -0.169. The molecule has 2 N–H and O–H groups in total. The molecular formula is C14H13BrN2O2S. The maximum atomic E-state index is 11.9. The summed E-state index contributed by atoms with van der Waals surface area (Å²) < 4.78 is 0.911. The Hall–Kier alpha value is -1.66. The first kappa shape index (κ1) is 14.7. The number of carbonyl (C=O) groups excluding carboxylic acids is 2. The molecule has 0 aliphatic rings. The van der Waals surface area contributed by atoms with Gasteiger partial charge in [-0.25, -0.2) is 0 Å². The summed E-state index contributed by atoms with van der Waals surface area (Å²) in [4.78, 5) is 23.5. The Bertz CT molecular complexity index is 622. The van der Waals surface area contributed by atoms with Gasteiger partial charge in [-0.2, -0.15) is 0 Å². The third-order valence-electron chi connectivity index (χ3n) is 2.57. The third kappa shape index (κ3) is 3.68. The lowest BCUT2D eigenvalue weighted by Crippen LogP contribution is -2.22. The first-order valence-corrected chi connectivity index (χ1v) is 7.71. The van der Waals surface area contributed by atoms with E-state index < -0.39 is 0 Å². The van der Waals surface area contributed by atoms with Crippen LogP contribution in [0, 0.1) is 0 Å². The van der Waals surface area contributed by atoms with Crippen LogP contribution in [0.1, 0.15) is 27.6 Å². The molecule has 1 heterocycles. The fourth-order valence-corrected chi connectivity index (χ4v) is 2.74. The van der Waals surface area contributed by atoms with E-state index in [9.17, 15) is 9.59 Å². The predicted octanol–water partition coefficient (Wildman–Crippen LogP) is 3.51. The number of halogens is 1. The van der Waals surface area contributed by atoms with Gasteiger partial charge < -0.3 is 10.6 Å². The molecule has 20 heavy (non-hydrogen) atoms. The second kappa shape index (κ2) is 6.67. The molecule has 0 saturated carbocycles. The lowest BCUT2D eigenvalue weighted by atomic mass is 10.2. The van der Waals surface area contributed by atoms with Gasteiger partial charge in [-0.3, -0.25) is 9.59 Å². The van der Waals surface area contributed by atoms with E-state index in [2.05, 4.69) is 26.6 Å². The number of thiophene rings is 1. The monoisotopic (exact) mass is 352 g/mol. The molecule has 0 saturated heterocycles. The minimum Gasteiger partial charge on any atom is -0.352 e. The molecule has 0 spiro atoms. The van der Waals surface area contributed by atoms with E-state index in [0.29, 0.717) is 23.4 Å². The number of nitrogens with one attached hydrogen (secondary N) is 2. The molecule has 0 radical (unpaired) electrons. The van der Waals surface area contributed by atoms with Crippen LogP contribution in [0.4, 0.5) is 5.69 Å². The van der Waals surface area contributed by atoms with E-state index >= 15 is 0 Å². The SMILES string of the molecule is CCNC(=O)c1ccc(NC(=O)c2csc(Br)c2)cc1. The van der Waals surface area contributed by atoms with Gasteiger partial charge in [-0.15, -0.1) is 11.3 Å². The van der Waals surface area contributed by atoms with E-state index in [-0.39, 0.29) is 11.8 Å². The van der Waals surface area contributed by atoms with E-state index in [1.165, 1.54) is 11.3 Å². The number of hydrogen-bond acceptors (Lipinski definition) is 3. The molecule has 1 aromatic carbocycles. The molecular weight excluding hydrogens is 340 g/mol.